The van der Waals surface area contributed by atoms with Crippen LogP contribution in [0.4, 0.5) is 0 Å². The summed E-state index contributed by atoms with van der Waals surface area (Å²) in [4.78, 5) is 26.3. The van der Waals surface area contributed by atoms with Gasteiger partial charge in [-0.25, -0.2) is 0 Å². The van der Waals surface area contributed by atoms with Gasteiger partial charge in [0.15, 0.2) is 0 Å². The molecular formula is C64H111NO5. The van der Waals surface area contributed by atoms with Gasteiger partial charge in [-0.15, -0.1) is 0 Å². The summed E-state index contributed by atoms with van der Waals surface area (Å²) >= 11 is 0. The molecular weight excluding hydrogens is 863 g/mol. The van der Waals surface area contributed by atoms with E-state index in [1.807, 2.05) is 24.3 Å². The van der Waals surface area contributed by atoms with Crippen LogP contribution in [0.5, 0.6) is 0 Å². The van der Waals surface area contributed by atoms with Crippen molar-refractivity contribution < 1.29 is 24.5 Å². The number of carbonyl (C=O) groups excluding carboxylic acids is 2. The van der Waals surface area contributed by atoms with Crippen LogP contribution >= 0.6 is 0 Å². The number of unbranched alkanes of at least 4 members (excludes halogenated alkanes) is 28. The van der Waals surface area contributed by atoms with Crippen LogP contribution in [0.2, 0.25) is 0 Å². The summed E-state index contributed by atoms with van der Waals surface area (Å²) in [5.74, 6) is -0.525. The zero-order chi connectivity index (χ0) is 50.9. The molecule has 0 radical (unpaired) electrons. The van der Waals surface area contributed by atoms with Crippen molar-refractivity contribution in [1.29, 1.82) is 0 Å². The molecule has 3 unspecified atom stereocenters. The summed E-state index contributed by atoms with van der Waals surface area (Å²) in [6.45, 7) is 6.38. The van der Waals surface area contributed by atoms with Crippen molar-refractivity contribution in [2.75, 3.05) is 6.61 Å². The molecule has 3 atom stereocenters. The molecule has 402 valence electrons. The molecule has 0 saturated carbocycles. The molecule has 0 aliphatic heterocycles. The molecule has 0 fully saturated rings. The zero-order valence-electron chi connectivity index (χ0n) is 45.9. The van der Waals surface area contributed by atoms with Gasteiger partial charge in [-0.05, 0) is 83.5 Å². The minimum Gasteiger partial charge on any atom is -0.462 e. The Balaban J connectivity index is 4.68. The van der Waals surface area contributed by atoms with Crippen LogP contribution in [0, 0.1) is 0 Å². The first kappa shape index (κ1) is 66.8. The summed E-state index contributed by atoms with van der Waals surface area (Å²) in [7, 11) is 0. The van der Waals surface area contributed by atoms with Crippen molar-refractivity contribution >= 4 is 11.9 Å². The van der Waals surface area contributed by atoms with Gasteiger partial charge in [0.2, 0.25) is 5.91 Å². The first-order valence-electron chi connectivity index (χ1n) is 29.5. The summed E-state index contributed by atoms with van der Waals surface area (Å²) < 4.78 is 5.95. The Morgan fingerprint density at radius 3 is 1.31 bits per heavy atom. The average Bonchev–Trinajstić information content (AvgIpc) is 3.35. The zero-order valence-corrected chi connectivity index (χ0v) is 45.9. The molecule has 0 aromatic rings. The quantitative estimate of drug-likeness (QED) is 0.0244. The van der Waals surface area contributed by atoms with Crippen LogP contribution in [0.3, 0.4) is 0 Å². The van der Waals surface area contributed by atoms with Gasteiger partial charge in [-0.1, -0.05) is 272 Å². The number of hydrogen-bond donors (Lipinski definition) is 3. The average molecular weight is 975 g/mol. The van der Waals surface area contributed by atoms with Crippen LogP contribution in [0.25, 0.3) is 0 Å². The van der Waals surface area contributed by atoms with Crippen molar-refractivity contribution in [3.63, 3.8) is 0 Å². The Morgan fingerprint density at radius 1 is 0.429 bits per heavy atom. The molecule has 0 saturated heterocycles. The van der Waals surface area contributed by atoms with Gasteiger partial charge in [0, 0.05) is 6.42 Å². The van der Waals surface area contributed by atoms with Crippen LogP contribution in [0.1, 0.15) is 271 Å². The second kappa shape index (κ2) is 56.7. The molecule has 0 aliphatic rings. The summed E-state index contributed by atoms with van der Waals surface area (Å²) in [6, 6.07) is -0.722. The third kappa shape index (κ3) is 51.1. The molecule has 0 aliphatic carbocycles. The normalized spacial score (nSPS) is 13.8. The molecule has 1 amide bonds. The number of nitrogens with one attached hydrogen (secondary N) is 1. The second-order valence-corrected chi connectivity index (χ2v) is 19.8. The Labute approximate surface area is 433 Å². The highest BCUT2D eigenvalue weighted by molar-refractivity contribution is 5.77. The number of allylic oxidation sites excluding steroid dienone is 16. The van der Waals surface area contributed by atoms with E-state index in [1.165, 1.54) is 116 Å². The SMILES string of the molecule is CCC/C=C/C=C/C=C/C=C/C=C/CCCCCCCC(=O)OC(CCCCCC/C=C\C/C=C\C/C=C\CCCCC)CC(=O)NC(CO)C(O)CCCCCCCCCCCCCCCCCC. The minimum absolute atomic E-state index is 0.0473. The maximum Gasteiger partial charge on any atom is 0.306 e. The lowest BCUT2D eigenvalue weighted by atomic mass is 10.0. The van der Waals surface area contributed by atoms with Crippen molar-refractivity contribution in [3.8, 4) is 0 Å². The molecule has 0 bridgehead atoms. The van der Waals surface area contributed by atoms with E-state index in [2.05, 4.69) is 99.0 Å². The van der Waals surface area contributed by atoms with Gasteiger partial charge in [0.05, 0.1) is 25.2 Å². The third-order valence-electron chi connectivity index (χ3n) is 13.0. The molecule has 0 rings (SSSR count). The largest absolute Gasteiger partial charge is 0.462 e. The van der Waals surface area contributed by atoms with E-state index in [9.17, 15) is 19.8 Å². The van der Waals surface area contributed by atoms with E-state index in [0.29, 0.717) is 19.3 Å². The maximum atomic E-state index is 13.3. The van der Waals surface area contributed by atoms with Crippen molar-refractivity contribution in [1.82, 2.24) is 5.32 Å². The van der Waals surface area contributed by atoms with E-state index in [0.717, 1.165) is 109 Å². The number of carbonyl (C=O) groups is 2. The van der Waals surface area contributed by atoms with E-state index < -0.39 is 18.2 Å². The summed E-state index contributed by atoms with van der Waals surface area (Å²) in [5.41, 5.74) is 0. The Bertz CT molecular complexity index is 1370. The van der Waals surface area contributed by atoms with Gasteiger partial charge in [0.1, 0.15) is 6.10 Å². The number of hydrogen-bond acceptors (Lipinski definition) is 5. The molecule has 6 nitrogen and oxygen atoms in total. The minimum atomic E-state index is -0.806. The monoisotopic (exact) mass is 974 g/mol. The van der Waals surface area contributed by atoms with Gasteiger partial charge in [-0.3, -0.25) is 9.59 Å². The lowest BCUT2D eigenvalue weighted by molar-refractivity contribution is -0.151. The predicted molar refractivity (Wildman–Crippen MR) is 305 cm³/mol. The molecule has 0 spiro atoms. The van der Waals surface area contributed by atoms with Crippen LogP contribution in [0.15, 0.2) is 97.2 Å². The number of esters is 1. The highest BCUT2D eigenvalue weighted by Gasteiger charge is 2.24. The van der Waals surface area contributed by atoms with Crippen LogP contribution < -0.4 is 5.32 Å². The highest BCUT2D eigenvalue weighted by atomic mass is 16.5. The summed E-state index contributed by atoms with van der Waals surface area (Å²) in [6.07, 6.45) is 76.0. The second-order valence-electron chi connectivity index (χ2n) is 19.8. The molecule has 0 aromatic carbocycles. The predicted octanol–water partition coefficient (Wildman–Crippen LogP) is 18.5. The lowest BCUT2D eigenvalue weighted by Crippen LogP contribution is -2.46. The highest BCUT2D eigenvalue weighted by Crippen LogP contribution is 2.18. The van der Waals surface area contributed by atoms with Crippen molar-refractivity contribution in [2.24, 2.45) is 0 Å². The number of amides is 1. The first-order valence-corrected chi connectivity index (χ1v) is 29.5. The maximum absolute atomic E-state index is 13.3. The van der Waals surface area contributed by atoms with Gasteiger partial charge < -0.3 is 20.3 Å². The van der Waals surface area contributed by atoms with E-state index in [-0.39, 0.29) is 24.9 Å². The molecule has 70 heavy (non-hydrogen) atoms. The van der Waals surface area contributed by atoms with Crippen LogP contribution in [-0.2, 0) is 14.3 Å². The third-order valence-corrected chi connectivity index (χ3v) is 13.0. The smallest absolute Gasteiger partial charge is 0.306 e. The lowest BCUT2D eigenvalue weighted by Gasteiger charge is -2.24. The van der Waals surface area contributed by atoms with Crippen molar-refractivity contribution in [3.05, 3.63) is 97.2 Å². The standard InChI is InChI=1S/C64H111NO5/c1-4-7-10-13-16-19-22-25-28-31-33-36-39-42-45-48-51-54-57-64(69)70-60(55-52-49-46-43-40-37-34-32-29-26-23-20-17-14-11-8-5-2)58-63(68)65-61(59-66)62(67)56-53-50-47-44-41-38-35-30-27-24-21-18-15-12-9-6-3/h10,13,16-17,19-20,22,25-26,28-29,31,33-34,36-37,60-62,66-67H,4-9,11-12,14-15,18,21,23-24,27,30,32,35,38-59H2,1-3H3,(H,65,68)/b13-10+,19-16+,20-17-,25-22+,29-26-,31-28+,36-33+,37-34-. The van der Waals surface area contributed by atoms with Crippen LogP contribution in [-0.4, -0.2) is 46.9 Å². The molecule has 0 heterocycles. The number of rotatable bonds is 52. The first-order chi connectivity index (χ1) is 34.5. The number of aliphatic hydroxyl groups excluding tert-OH is 2. The van der Waals surface area contributed by atoms with E-state index in [1.54, 1.807) is 0 Å². The Hall–Kier alpha value is -3.22. The molecule has 6 heteroatoms. The fourth-order valence-electron chi connectivity index (χ4n) is 8.53. The van der Waals surface area contributed by atoms with Gasteiger partial charge in [-0.2, -0.15) is 0 Å². The van der Waals surface area contributed by atoms with Gasteiger partial charge >= 0.3 is 5.97 Å². The fraction of sp³-hybridized carbons (Fsp3) is 0.719. The Kier molecular flexibility index (Phi) is 54.1. The molecule has 3 N–H and O–H groups in total. The van der Waals surface area contributed by atoms with Crippen molar-refractivity contribution in [2.45, 2.75) is 289 Å². The van der Waals surface area contributed by atoms with E-state index >= 15 is 0 Å². The fourth-order valence-corrected chi connectivity index (χ4v) is 8.53. The van der Waals surface area contributed by atoms with Gasteiger partial charge in [0.25, 0.3) is 0 Å². The topological polar surface area (TPSA) is 95.9 Å². The number of ether oxygens (including phenoxy) is 1. The molecule has 0 aromatic heterocycles. The van der Waals surface area contributed by atoms with E-state index in [4.69, 9.17) is 4.74 Å². The Morgan fingerprint density at radius 2 is 0.814 bits per heavy atom. The number of aliphatic hydroxyl groups is 2. The summed E-state index contributed by atoms with van der Waals surface area (Å²) in [5, 5.41) is 23.9.